The molecule has 0 saturated carbocycles. The van der Waals surface area contributed by atoms with E-state index in [-0.39, 0.29) is 32.0 Å². The third-order valence-electron chi connectivity index (χ3n) is 13.0. The zero-order valence-corrected chi connectivity index (χ0v) is 49.0. The number of rotatable bonds is 55. The Morgan fingerprint density at radius 1 is 0.438 bits per heavy atom. The summed E-state index contributed by atoms with van der Waals surface area (Å²) in [5.74, 6) is -0.842. The van der Waals surface area contributed by atoms with Gasteiger partial charge in [-0.3, -0.25) is 18.6 Å². The molecule has 424 valence electrons. The summed E-state index contributed by atoms with van der Waals surface area (Å²) in [5, 5.41) is 0. The highest BCUT2D eigenvalue weighted by Crippen LogP contribution is 2.43. The first-order chi connectivity index (χ1) is 35.5. The highest BCUT2D eigenvalue weighted by atomic mass is 31.2. The molecular weight excluding hydrogens is 930 g/mol. The number of unbranched alkanes of at least 4 members (excludes halogenated alkanes) is 29. The van der Waals surface area contributed by atoms with Crippen LogP contribution < -0.4 is 0 Å². The quantitative estimate of drug-likeness (QED) is 0.0211. The third kappa shape index (κ3) is 58.6. The molecule has 2 atom stereocenters. The number of hydrogen-bond acceptors (Lipinski definition) is 7. The lowest BCUT2D eigenvalue weighted by molar-refractivity contribution is -0.870. The van der Waals surface area contributed by atoms with Gasteiger partial charge in [0.15, 0.2) is 6.10 Å². The molecule has 9 nitrogen and oxygen atoms in total. The number of phosphoric ester groups is 1. The van der Waals surface area contributed by atoms with Gasteiger partial charge < -0.3 is 18.9 Å². The van der Waals surface area contributed by atoms with E-state index in [9.17, 15) is 19.0 Å². The number of quaternary nitrogens is 1. The summed E-state index contributed by atoms with van der Waals surface area (Å²) in [4.78, 5) is 35.7. The van der Waals surface area contributed by atoms with Crippen LogP contribution in [0.1, 0.15) is 264 Å². The summed E-state index contributed by atoms with van der Waals surface area (Å²) in [6.07, 6.45) is 71.4. The topological polar surface area (TPSA) is 108 Å². The molecule has 0 aliphatic rings. The lowest BCUT2D eigenvalue weighted by Crippen LogP contribution is -2.37. The van der Waals surface area contributed by atoms with Gasteiger partial charge in [-0.2, -0.15) is 0 Å². The maximum atomic E-state index is 12.8. The summed E-state index contributed by atoms with van der Waals surface area (Å²) in [6, 6.07) is 0. The van der Waals surface area contributed by atoms with Crippen molar-refractivity contribution in [1.82, 2.24) is 0 Å². The van der Waals surface area contributed by atoms with E-state index in [1.807, 2.05) is 21.1 Å². The summed E-state index contributed by atoms with van der Waals surface area (Å²) in [7, 11) is 1.45. The van der Waals surface area contributed by atoms with E-state index in [0.29, 0.717) is 17.4 Å². The number of ether oxygens (including phenoxy) is 2. The van der Waals surface area contributed by atoms with Crippen LogP contribution in [-0.2, 0) is 32.7 Å². The molecule has 0 heterocycles. The molecule has 0 aliphatic heterocycles. The van der Waals surface area contributed by atoms with Crippen LogP contribution in [0, 0.1) is 0 Å². The van der Waals surface area contributed by atoms with Gasteiger partial charge in [-0.15, -0.1) is 0 Å². The van der Waals surface area contributed by atoms with Crippen molar-refractivity contribution in [3.8, 4) is 0 Å². The fourth-order valence-corrected chi connectivity index (χ4v) is 9.12. The number of carbonyl (C=O) groups excluding carboxylic acids is 2. The molecule has 0 fully saturated rings. The molecule has 0 aromatic heterocycles. The SMILES string of the molecule is CC/C=C\C/C=C\C/C=C\C/C=C\C/C=C\C/C=C\CCCCC(=O)OC(COC(=O)CCCCCCCCCCCCCCCCCCCCCCCCCCCCCC)COP(=O)(O)OCC[N+](C)(C)C. The van der Waals surface area contributed by atoms with E-state index in [4.69, 9.17) is 18.5 Å². The van der Waals surface area contributed by atoms with Crippen LogP contribution in [0.5, 0.6) is 0 Å². The predicted octanol–water partition coefficient (Wildman–Crippen LogP) is 18.9. The third-order valence-corrected chi connectivity index (χ3v) is 14.0. The number of phosphoric acid groups is 1. The fraction of sp³-hybridized carbons (Fsp3) is 0.778. The molecule has 0 bridgehead atoms. The first kappa shape index (κ1) is 70.5. The van der Waals surface area contributed by atoms with E-state index in [1.54, 1.807) is 0 Å². The van der Waals surface area contributed by atoms with Gasteiger partial charge in [0, 0.05) is 12.8 Å². The zero-order chi connectivity index (χ0) is 53.5. The van der Waals surface area contributed by atoms with Crippen molar-refractivity contribution in [2.45, 2.75) is 270 Å². The number of nitrogens with zero attached hydrogens (tertiary/aromatic N) is 1. The van der Waals surface area contributed by atoms with Crippen LogP contribution in [0.25, 0.3) is 0 Å². The van der Waals surface area contributed by atoms with Crippen molar-refractivity contribution in [1.29, 1.82) is 0 Å². The molecule has 10 heteroatoms. The van der Waals surface area contributed by atoms with Crippen LogP contribution in [0.15, 0.2) is 72.9 Å². The first-order valence-corrected chi connectivity index (χ1v) is 31.7. The minimum Gasteiger partial charge on any atom is -0.462 e. The highest BCUT2D eigenvalue weighted by molar-refractivity contribution is 7.47. The van der Waals surface area contributed by atoms with E-state index in [1.165, 1.54) is 161 Å². The number of likely N-dealkylation sites (N-methyl/N-ethyl adjacent to an activating group) is 1. The average Bonchev–Trinajstić information content (AvgIpc) is 3.35. The molecule has 2 unspecified atom stereocenters. The van der Waals surface area contributed by atoms with Crippen LogP contribution in [0.3, 0.4) is 0 Å². The molecule has 0 amide bonds. The monoisotopic (exact) mass is 1040 g/mol. The zero-order valence-electron chi connectivity index (χ0n) is 48.1. The maximum Gasteiger partial charge on any atom is 0.472 e. The Morgan fingerprint density at radius 3 is 1.16 bits per heavy atom. The first-order valence-electron chi connectivity index (χ1n) is 30.2. The van der Waals surface area contributed by atoms with Gasteiger partial charge in [0.05, 0.1) is 27.7 Å². The van der Waals surface area contributed by atoms with Crippen molar-refractivity contribution in [2.24, 2.45) is 0 Å². The molecule has 0 radical (unpaired) electrons. The average molecular weight is 1050 g/mol. The molecule has 0 saturated heterocycles. The predicted molar refractivity (Wildman–Crippen MR) is 312 cm³/mol. The van der Waals surface area contributed by atoms with Crippen LogP contribution >= 0.6 is 7.82 Å². The summed E-state index contributed by atoms with van der Waals surface area (Å²) in [6.45, 7) is 4.29. The van der Waals surface area contributed by atoms with Gasteiger partial charge in [0.25, 0.3) is 0 Å². The van der Waals surface area contributed by atoms with Crippen molar-refractivity contribution < 1.29 is 42.1 Å². The van der Waals surface area contributed by atoms with Crippen LogP contribution in [0.2, 0.25) is 0 Å². The number of carbonyl (C=O) groups is 2. The highest BCUT2D eigenvalue weighted by Gasteiger charge is 2.27. The smallest absolute Gasteiger partial charge is 0.462 e. The minimum atomic E-state index is -4.40. The Morgan fingerprint density at radius 2 is 0.781 bits per heavy atom. The van der Waals surface area contributed by atoms with E-state index in [0.717, 1.165) is 70.6 Å². The molecule has 73 heavy (non-hydrogen) atoms. The molecule has 0 spiro atoms. The number of hydrogen-bond donors (Lipinski definition) is 1. The largest absolute Gasteiger partial charge is 0.472 e. The maximum absolute atomic E-state index is 12.8. The second-order valence-corrected chi connectivity index (χ2v) is 22.8. The lowest BCUT2D eigenvalue weighted by atomic mass is 10.0. The van der Waals surface area contributed by atoms with Crippen molar-refractivity contribution in [3.05, 3.63) is 72.9 Å². The van der Waals surface area contributed by atoms with Gasteiger partial charge in [-0.05, 0) is 64.2 Å². The van der Waals surface area contributed by atoms with Crippen LogP contribution in [0.4, 0.5) is 0 Å². The minimum absolute atomic E-state index is 0.0210. The van der Waals surface area contributed by atoms with Crippen molar-refractivity contribution >= 4 is 19.8 Å². The Labute approximate surface area is 450 Å². The Kier molecular flexibility index (Phi) is 52.4. The summed E-state index contributed by atoms with van der Waals surface area (Å²) in [5.41, 5.74) is 0. The Bertz CT molecular complexity index is 1460. The fourth-order valence-electron chi connectivity index (χ4n) is 8.37. The van der Waals surface area contributed by atoms with Gasteiger partial charge >= 0.3 is 19.8 Å². The van der Waals surface area contributed by atoms with E-state index >= 15 is 0 Å². The molecular formula is C63H115NO8P+. The summed E-state index contributed by atoms with van der Waals surface area (Å²) >= 11 is 0. The molecule has 0 aromatic rings. The molecule has 0 rings (SSSR count). The van der Waals surface area contributed by atoms with Crippen LogP contribution in [-0.4, -0.2) is 74.9 Å². The number of allylic oxidation sites excluding steroid dienone is 12. The molecule has 1 N–H and O–H groups in total. The Hall–Kier alpha value is -2.55. The lowest BCUT2D eigenvalue weighted by Gasteiger charge is -2.24. The van der Waals surface area contributed by atoms with E-state index < -0.39 is 26.5 Å². The summed E-state index contributed by atoms with van der Waals surface area (Å²) < 4.78 is 34.5. The van der Waals surface area contributed by atoms with Gasteiger partial charge in [0.2, 0.25) is 0 Å². The second kappa shape index (κ2) is 54.2. The molecule has 0 aliphatic carbocycles. The van der Waals surface area contributed by atoms with Crippen molar-refractivity contribution in [3.63, 3.8) is 0 Å². The number of esters is 2. The van der Waals surface area contributed by atoms with Crippen molar-refractivity contribution in [2.75, 3.05) is 47.5 Å². The second-order valence-electron chi connectivity index (χ2n) is 21.4. The van der Waals surface area contributed by atoms with Gasteiger partial charge in [0.1, 0.15) is 19.8 Å². The normalized spacial score (nSPS) is 13.8. The molecule has 0 aromatic carbocycles. The van der Waals surface area contributed by atoms with Gasteiger partial charge in [-0.1, -0.05) is 260 Å². The standard InChI is InChI=1S/C63H114NO8P/c1-6-8-10-12-14-16-18-20-22-24-26-28-29-30-31-32-33-34-36-37-39-41-43-45-47-49-51-53-55-62(65)69-59-61(60-71-73(67,68)70-58-57-64(3,4)5)72-63(66)56-54-52-50-48-46-44-42-40-38-35-27-25-23-21-19-17-15-13-11-9-7-2/h9,11,15,17,21,23,27,35,40,42,46,48,61H,6-8,10,12-14,16,18-20,22,24-26,28-34,36-39,41,43-45,47,49-60H2,1-5H3/p+1/b11-9-,17-15-,23-21-,35-27-,42-40-,48-46-. The Balaban J connectivity index is 4.16. The van der Waals surface area contributed by atoms with Gasteiger partial charge in [-0.25, -0.2) is 4.57 Å². The van der Waals surface area contributed by atoms with E-state index in [2.05, 4.69) is 86.8 Å².